The average Bonchev–Trinajstić information content (AvgIpc) is 3.09. The van der Waals surface area contributed by atoms with Crippen LogP contribution in [0.1, 0.15) is 24.8 Å². The van der Waals surface area contributed by atoms with Crippen molar-refractivity contribution in [1.82, 2.24) is 0 Å². The lowest BCUT2D eigenvalue weighted by Gasteiger charge is -2.17. The van der Waals surface area contributed by atoms with E-state index in [9.17, 15) is 4.39 Å². The van der Waals surface area contributed by atoms with Gasteiger partial charge in [0.25, 0.3) is 0 Å². The van der Waals surface area contributed by atoms with Crippen LogP contribution in [0.3, 0.4) is 0 Å². The van der Waals surface area contributed by atoms with Crippen LogP contribution in [0.25, 0.3) is 0 Å². The summed E-state index contributed by atoms with van der Waals surface area (Å²) in [6, 6.07) is 1.63. The van der Waals surface area contributed by atoms with Gasteiger partial charge in [-0.1, -0.05) is 0 Å². The summed E-state index contributed by atoms with van der Waals surface area (Å²) in [7, 11) is 0. The Hall–Kier alpha value is -0.810. The van der Waals surface area contributed by atoms with Crippen molar-refractivity contribution in [3.8, 4) is 11.5 Å². The van der Waals surface area contributed by atoms with Gasteiger partial charge in [-0.2, -0.15) is 0 Å². The quantitative estimate of drug-likeness (QED) is 0.912. The molecule has 3 rings (SSSR count). The minimum absolute atomic E-state index is 0.259. The summed E-state index contributed by atoms with van der Waals surface area (Å²) >= 11 is 3.23. The van der Waals surface area contributed by atoms with E-state index in [-0.39, 0.29) is 11.4 Å². The molecular weight excluding hydrogens is 301 g/mol. The summed E-state index contributed by atoms with van der Waals surface area (Å²) < 4.78 is 25.9. The molecule has 1 fully saturated rings. The zero-order chi connectivity index (χ0) is 12.8. The normalized spacial score (nSPS) is 20.4. The molecule has 0 aromatic heterocycles. The van der Waals surface area contributed by atoms with Crippen molar-refractivity contribution >= 4 is 15.9 Å². The molecule has 0 amide bonds. The Bertz CT molecular complexity index is 488. The second-order valence-electron chi connectivity index (χ2n) is 5.07. The molecule has 3 nitrogen and oxygen atoms in total. The summed E-state index contributed by atoms with van der Waals surface area (Å²) in [6.07, 6.45) is 3.19. The molecule has 18 heavy (non-hydrogen) atoms. The van der Waals surface area contributed by atoms with Gasteiger partial charge in [0, 0.05) is 23.6 Å². The first kappa shape index (κ1) is 12.2. The van der Waals surface area contributed by atoms with Gasteiger partial charge < -0.3 is 15.2 Å². The van der Waals surface area contributed by atoms with E-state index in [4.69, 9.17) is 15.2 Å². The van der Waals surface area contributed by atoms with E-state index < -0.39 is 0 Å². The molecule has 0 radical (unpaired) electrons. The molecule has 2 N–H and O–H groups in total. The fourth-order valence-electron chi connectivity index (χ4n) is 2.16. The predicted octanol–water partition coefficient (Wildman–Crippen LogP) is 2.78. The van der Waals surface area contributed by atoms with Crippen LogP contribution in [-0.2, 0) is 6.42 Å². The largest absolute Gasteiger partial charge is 0.490 e. The molecule has 0 spiro atoms. The summed E-state index contributed by atoms with van der Waals surface area (Å²) in [5, 5.41) is 0. The first-order valence-electron chi connectivity index (χ1n) is 6.14. The van der Waals surface area contributed by atoms with Crippen molar-refractivity contribution in [2.24, 2.45) is 5.73 Å². The van der Waals surface area contributed by atoms with Gasteiger partial charge >= 0.3 is 0 Å². The van der Waals surface area contributed by atoms with Crippen LogP contribution >= 0.6 is 15.9 Å². The first-order chi connectivity index (χ1) is 8.59. The van der Waals surface area contributed by atoms with E-state index in [2.05, 4.69) is 15.9 Å². The Morgan fingerprint density at radius 3 is 2.78 bits per heavy atom. The number of benzene rings is 1. The minimum Gasteiger partial charge on any atom is -0.490 e. The van der Waals surface area contributed by atoms with Crippen LogP contribution in [0, 0.1) is 5.82 Å². The van der Waals surface area contributed by atoms with Crippen molar-refractivity contribution < 1.29 is 13.9 Å². The molecular formula is C13H15BrFNO2. The highest BCUT2D eigenvalue weighted by Crippen LogP contribution is 2.44. The maximum Gasteiger partial charge on any atom is 0.167 e. The Morgan fingerprint density at radius 2 is 2.06 bits per heavy atom. The van der Waals surface area contributed by atoms with Gasteiger partial charge in [0.1, 0.15) is 5.82 Å². The zero-order valence-corrected chi connectivity index (χ0v) is 11.6. The van der Waals surface area contributed by atoms with Crippen molar-refractivity contribution in [2.45, 2.75) is 31.2 Å². The molecule has 1 aromatic rings. The average molecular weight is 316 g/mol. The smallest absolute Gasteiger partial charge is 0.167 e. The van der Waals surface area contributed by atoms with Gasteiger partial charge in [0.15, 0.2) is 11.5 Å². The second-order valence-corrected chi connectivity index (χ2v) is 5.92. The van der Waals surface area contributed by atoms with Crippen LogP contribution in [-0.4, -0.2) is 18.8 Å². The summed E-state index contributed by atoms with van der Waals surface area (Å²) in [5.74, 6) is 0.862. The summed E-state index contributed by atoms with van der Waals surface area (Å²) in [4.78, 5) is 0. The van der Waals surface area contributed by atoms with E-state index >= 15 is 0 Å². The number of nitrogens with two attached hydrogens (primary N) is 1. The molecule has 98 valence electrons. The van der Waals surface area contributed by atoms with Crippen LogP contribution in [0.15, 0.2) is 10.5 Å². The second kappa shape index (κ2) is 4.38. The van der Waals surface area contributed by atoms with Crippen LogP contribution in [0.2, 0.25) is 0 Å². The molecule has 2 aliphatic rings. The maximum atomic E-state index is 14.2. The van der Waals surface area contributed by atoms with Gasteiger partial charge in [-0.3, -0.25) is 0 Å². The van der Waals surface area contributed by atoms with Crippen LogP contribution in [0.5, 0.6) is 11.5 Å². The highest BCUT2D eigenvalue weighted by molar-refractivity contribution is 9.10. The monoisotopic (exact) mass is 315 g/mol. The van der Waals surface area contributed by atoms with Crippen molar-refractivity contribution in [3.63, 3.8) is 0 Å². The van der Waals surface area contributed by atoms with Crippen LogP contribution < -0.4 is 15.2 Å². The third-order valence-electron chi connectivity index (χ3n) is 3.44. The molecule has 0 unspecified atom stereocenters. The third-order valence-corrected chi connectivity index (χ3v) is 4.02. The van der Waals surface area contributed by atoms with Gasteiger partial charge in [0.2, 0.25) is 0 Å². The number of rotatable bonds is 2. The molecule has 0 atom stereocenters. The number of hydrogen-bond acceptors (Lipinski definition) is 3. The standard InChI is InChI=1S/C13H15BrFNO2/c14-9-6-10-12(18-5-1-4-17-10)8(11(9)15)7-13(16)2-3-13/h6H,1-5,7,16H2. The lowest BCUT2D eigenvalue weighted by atomic mass is 10.0. The first-order valence-corrected chi connectivity index (χ1v) is 6.94. The highest BCUT2D eigenvalue weighted by atomic mass is 79.9. The molecule has 1 aliphatic carbocycles. The van der Waals surface area contributed by atoms with Gasteiger partial charge in [-0.25, -0.2) is 4.39 Å². The van der Waals surface area contributed by atoms with Crippen LogP contribution in [0.4, 0.5) is 4.39 Å². The Kier molecular flexibility index (Phi) is 2.98. The minimum atomic E-state index is -0.282. The fraction of sp³-hybridized carbons (Fsp3) is 0.538. The zero-order valence-electron chi connectivity index (χ0n) is 9.97. The summed E-state index contributed by atoms with van der Waals surface area (Å²) in [6.45, 7) is 1.15. The maximum absolute atomic E-state index is 14.2. The molecule has 1 aromatic carbocycles. The van der Waals surface area contributed by atoms with Gasteiger partial charge in [-0.15, -0.1) is 0 Å². The highest BCUT2D eigenvalue weighted by Gasteiger charge is 2.40. The van der Waals surface area contributed by atoms with Gasteiger partial charge in [-0.05, 0) is 35.2 Å². The number of halogens is 2. The molecule has 0 bridgehead atoms. The Labute approximate surface area is 114 Å². The lowest BCUT2D eigenvalue weighted by Crippen LogP contribution is -2.25. The van der Waals surface area contributed by atoms with E-state index in [0.29, 0.717) is 41.2 Å². The topological polar surface area (TPSA) is 44.5 Å². The molecule has 1 saturated carbocycles. The van der Waals surface area contributed by atoms with E-state index in [0.717, 1.165) is 19.3 Å². The van der Waals surface area contributed by atoms with E-state index in [1.165, 1.54) is 0 Å². The van der Waals surface area contributed by atoms with Crippen molar-refractivity contribution in [2.75, 3.05) is 13.2 Å². The number of hydrogen-bond donors (Lipinski definition) is 1. The molecule has 0 saturated heterocycles. The fourth-order valence-corrected chi connectivity index (χ4v) is 2.61. The molecule has 5 heteroatoms. The predicted molar refractivity (Wildman–Crippen MR) is 69.6 cm³/mol. The SMILES string of the molecule is NC1(Cc2c(F)c(Br)cc3c2OCCCO3)CC1. The molecule has 1 aliphatic heterocycles. The van der Waals surface area contributed by atoms with Gasteiger partial charge in [0.05, 0.1) is 17.7 Å². The number of ether oxygens (including phenoxy) is 2. The summed E-state index contributed by atoms with van der Waals surface area (Å²) in [5.41, 5.74) is 6.38. The van der Waals surface area contributed by atoms with Crippen molar-refractivity contribution in [3.05, 3.63) is 21.9 Å². The van der Waals surface area contributed by atoms with E-state index in [1.54, 1.807) is 6.07 Å². The Balaban J connectivity index is 2.05. The number of fused-ring (bicyclic) bond motifs is 1. The van der Waals surface area contributed by atoms with E-state index in [1.807, 2.05) is 0 Å². The molecule has 1 heterocycles. The Morgan fingerprint density at radius 1 is 1.33 bits per heavy atom. The third kappa shape index (κ3) is 2.21. The van der Waals surface area contributed by atoms with Crippen molar-refractivity contribution in [1.29, 1.82) is 0 Å². The lowest BCUT2D eigenvalue weighted by molar-refractivity contribution is 0.295.